The Balaban J connectivity index is 0.00000420. The standard InChI is InChI=1S/C22H31N3O3.HI/c1-5-23-22(24-13-11-17-7-6-8-20(28-4)21(17)26)25-14-12-18-15-16(2)9-10-19(18)27-3;/h6-10,15,26H,5,11-14H2,1-4H3,(H2,23,24,25);1H. The van der Waals surface area contributed by atoms with Crippen molar-refractivity contribution in [2.24, 2.45) is 4.99 Å². The maximum atomic E-state index is 10.2. The zero-order valence-corrected chi connectivity index (χ0v) is 19.9. The van der Waals surface area contributed by atoms with Crippen molar-refractivity contribution in [3.8, 4) is 17.2 Å². The van der Waals surface area contributed by atoms with Crippen molar-refractivity contribution in [1.82, 2.24) is 10.6 Å². The minimum absolute atomic E-state index is 0. The Morgan fingerprint density at radius 2 is 1.76 bits per heavy atom. The number of hydrogen-bond acceptors (Lipinski definition) is 4. The average Bonchev–Trinajstić information content (AvgIpc) is 2.69. The molecule has 0 spiro atoms. The number of aliphatic imine (C=N–C) groups is 1. The number of nitrogens with zero attached hydrogens (tertiary/aromatic N) is 1. The number of benzene rings is 2. The van der Waals surface area contributed by atoms with E-state index in [-0.39, 0.29) is 29.7 Å². The summed E-state index contributed by atoms with van der Waals surface area (Å²) in [5.74, 6) is 2.34. The van der Waals surface area contributed by atoms with E-state index in [0.29, 0.717) is 18.7 Å². The van der Waals surface area contributed by atoms with Crippen LogP contribution in [0.1, 0.15) is 23.6 Å². The van der Waals surface area contributed by atoms with Gasteiger partial charge in [-0.2, -0.15) is 0 Å². The molecule has 2 aromatic rings. The lowest BCUT2D eigenvalue weighted by atomic mass is 10.1. The number of nitrogens with one attached hydrogen (secondary N) is 2. The molecule has 0 bridgehead atoms. The van der Waals surface area contributed by atoms with E-state index >= 15 is 0 Å². The van der Waals surface area contributed by atoms with E-state index in [1.54, 1.807) is 20.3 Å². The van der Waals surface area contributed by atoms with E-state index in [0.717, 1.165) is 36.8 Å². The molecule has 160 valence electrons. The van der Waals surface area contributed by atoms with Gasteiger partial charge in [-0.3, -0.25) is 4.99 Å². The normalized spacial score (nSPS) is 10.8. The van der Waals surface area contributed by atoms with Crippen LogP contribution in [0.25, 0.3) is 0 Å². The first-order chi connectivity index (χ1) is 13.6. The van der Waals surface area contributed by atoms with Gasteiger partial charge in [0, 0.05) is 19.6 Å². The second-order valence-corrected chi connectivity index (χ2v) is 6.47. The van der Waals surface area contributed by atoms with Crippen LogP contribution in [0, 0.1) is 6.92 Å². The number of methoxy groups -OCH3 is 2. The average molecular weight is 513 g/mol. The summed E-state index contributed by atoms with van der Waals surface area (Å²) in [6.45, 7) is 6.20. The molecule has 2 aromatic carbocycles. The van der Waals surface area contributed by atoms with Gasteiger partial charge in [0.25, 0.3) is 0 Å². The van der Waals surface area contributed by atoms with Gasteiger partial charge in [0.1, 0.15) is 5.75 Å². The van der Waals surface area contributed by atoms with Gasteiger partial charge in [-0.15, -0.1) is 24.0 Å². The molecule has 0 heterocycles. The fraction of sp³-hybridized carbons (Fsp3) is 0.409. The molecule has 0 fully saturated rings. The largest absolute Gasteiger partial charge is 0.504 e. The molecular weight excluding hydrogens is 481 g/mol. The third kappa shape index (κ3) is 7.64. The molecule has 6 nitrogen and oxygen atoms in total. The van der Waals surface area contributed by atoms with Crippen LogP contribution in [0.5, 0.6) is 17.2 Å². The predicted octanol–water partition coefficient (Wildman–Crippen LogP) is 3.68. The Hall–Kier alpha value is -2.16. The summed E-state index contributed by atoms with van der Waals surface area (Å²) < 4.78 is 10.6. The molecule has 0 unspecified atom stereocenters. The number of phenols is 1. The lowest BCUT2D eigenvalue weighted by molar-refractivity contribution is 0.370. The molecule has 0 saturated heterocycles. The van der Waals surface area contributed by atoms with Crippen LogP contribution >= 0.6 is 24.0 Å². The number of halogens is 1. The van der Waals surface area contributed by atoms with Crippen molar-refractivity contribution in [3.63, 3.8) is 0 Å². The number of guanidine groups is 1. The molecule has 0 aromatic heterocycles. The molecule has 3 N–H and O–H groups in total. The van der Waals surface area contributed by atoms with E-state index in [2.05, 4.69) is 34.7 Å². The summed E-state index contributed by atoms with van der Waals surface area (Å²) in [5, 5.41) is 16.8. The maximum absolute atomic E-state index is 10.2. The first-order valence-corrected chi connectivity index (χ1v) is 9.59. The van der Waals surface area contributed by atoms with Gasteiger partial charge >= 0.3 is 0 Å². The van der Waals surface area contributed by atoms with Crippen molar-refractivity contribution < 1.29 is 14.6 Å². The molecule has 0 amide bonds. The fourth-order valence-corrected chi connectivity index (χ4v) is 2.98. The van der Waals surface area contributed by atoms with Gasteiger partial charge in [-0.1, -0.05) is 29.8 Å². The van der Waals surface area contributed by atoms with Crippen LogP contribution in [0.3, 0.4) is 0 Å². The monoisotopic (exact) mass is 513 g/mol. The quantitative estimate of drug-likeness (QED) is 0.271. The smallest absolute Gasteiger partial charge is 0.191 e. The van der Waals surface area contributed by atoms with E-state index in [1.165, 1.54) is 11.1 Å². The first-order valence-electron chi connectivity index (χ1n) is 9.59. The Bertz CT molecular complexity index is 797. The third-order valence-corrected chi connectivity index (χ3v) is 4.42. The van der Waals surface area contributed by atoms with E-state index in [1.807, 2.05) is 25.1 Å². The Morgan fingerprint density at radius 1 is 1.00 bits per heavy atom. The minimum atomic E-state index is 0. The Labute approximate surface area is 190 Å². The third-order valence-electron chi connectivity index (χ3n) is 4.42. The van der Waals surface area contributed by atoms with Crippen LogP contribution in [0.15, 0.2) is 41.4 Å². The number of rotatable bonds is 9. The molecule has 0 aliphatic heterocycles. The summed E-state index contributed by atoms with van der Waals surface area (Å²) in [6.07, 6.45) is 1.47. The molecule has 0 aliphatic rings. The lowest BCUT2D eigenvalue weighted by Gasteiger charge is -2.13. The second-order valence-electron chi connectivity index (χ2n) is 6.47. The number of hydrogen-bond donors (Lipinski definition) is 3. The number of aromatic hydroxyl groups is 1. The summed E-state index contributed by atoms with van der Waals surface area (Å²) in [6, 6.07) is 11.7. The van der Waals surface area contributed by atoms with Gasteiger partial charge in [0.15, 0.2) is 17.5 Å². The maximum Gasteiger partial charge on any atom is 0.191 e. The number of ether oxygens (including phenoxy) is 2. The summed E-state index contributed by atoms with van der Waals surface area (Å²) in [5.41, 5.74) is 3.21. The van der Waals surface area contributed by atoms with Crippen molar-refractivity contribution in [3.05, 3.63) is 53.1 Å². The number of phenolic OH excluding ortho intramolecular Hbond substituents is 1. The highest BCUT2D eigenvalue weighted by Gasteiger charge is 2.07. The fourth-order valence-electron chi connectivity index (χ4n) is 2.98. The van der Waals surface area contributed by atoms with Gasteiger partial charge in [-0.05, 0) is 49.9 Å². The van der Waals surface area contributed by atoms with Crippen molar-refractivity contribution >= 4 is 29.9 Å². The van der Waals surface area contributed by atoms with E-state index in [9.17, 15) is 5.11 Å². The SMILES string of the molecule is CCNC(=NCCc1cccc(OC)c1O)NCCc1cc(C)ccc1OC.I. The van der Waals surface area contributed by atoms with Crippen LogP contribution in [-0.2, 0) is 12.8 Å². The van der Waals surface area contributed by atoms with Crippen molar-refractivity contribution in [1.29, 1.82) is 0 Å². The molecule has 29 heavy (non-hydrogen) atoms. The number of aryl methyl sites for hydroxylation is 1. The lowest BCUT2D eigenvalue weighted by Crippen LogP contribution is -2.38. The molecule has 0 radical (unpaired) electrons. The summed E-state index contributed by atoms with van der Waals surface area (Å²) >= 11 is 0. The van der Waals surface area contributed by atoms with Gasteiger partial charge < -0.3 is 25.2 Å². The molecule has 0 atom stereocenters. The highest BCUT2D eigenvalue weighted by Crippen LogP contribution is 2.29. The minimum Gasteiger partial charge on any atom is -0.504 e. The highest BCUT2D eigenvalue weighted by atomic mass is 127. The van der Waals surface area contributed by atoms with Crippen LogP contribution < -0.4 is 20.1 Å². The predicted molar refractivity (Wildman–Crippen MR) is 129 cm³/mol. The van der Waals surface area contributed by atoms with E-state index < -0.39 is 0 Å². The van der Waals surface area contributed by atoms with Crippen LogP contribution in [0.2, 0.25) is 0 Å². The van der Waals surface area contributed by atoms with Gasteiger partial charge in [0.2, 0.25) is 0 Å². The molecule has 0 saturated carbocycles. The van der Waals surface area contributed by atoms with Gasteiger partial charge in [-0.25, -0.2) is 0 Å². The van der Waals surface area contributed by atoms with Crippen LogP contribution in [0.4, 0.5) is 0 Å². The number of para-hydroxylation sites is 1. The first kappa shape index (κ1) is 24.9. The van der Waals surface area contributed by atoms with Gasteiger partial charge in [0.05, 0.1) is 14.2 Å². The molecule has 2 rings (SSSR count). The Kier molecular flexibility index (Phi) is 11.3. The highest BCUT2D eigenvalue weighted by molar-refractivity contribution is 14.0. The zero-order valence-electron chi connectivity index (χ0n) is 17.6. The Morgan fingerprint density at radius 3 is 2.45 bits per heavy atom. The topological polar surface area (TPSA) is 75.1 Å². The molecular formula is C22H32IN3O3. The summed E-state index contributed by atoms with van der Waals surface area (Å²) in [7, 11) is 3.24. The molecule has 0 aliphatic carbocycles. The van der Waals surface area contributed by atoms with Crippen molar-refractivity contribution in [2.75, 3.05) is 33.9 Å². The van der Waals surface area contributed by atoms with Crippen molar-refractivity contribution in [2.45, 2.75) is 26.7 Å². The zero-order chi connectivity index (χ0) is 20.4. The van der Waals surface area contributed by atoms with Crippen LogP contribution in [-0.4, -0.2) is 44.9 Å². The molecule has 7 heteroatoms. The van der Waals surface area contributed by atoms with E-state index in [4.69, 9.17) is 9.47 Å². The summed E-state index contributed by atoms with van der Waals surface area (Å²) in [4.78, 5) is 4.61. The second kappa shape index (κ2) is 13.1.